The Morgan fingerprint density at radius 2 is 1.95 bits per heavy atom. The molecule has 0 fully saturated rings. The summed E-state index contributed by atoms with van der Waals surface area (Å²) in [7, 11) is 0. The van der Waals surface area contributed by atoms with Crippen molar-refractivity contribution in [1.82, 2.24) is 10.3 Å². The molecule has 1 heterocycles. The third-order valence-electron chi connectivity index (χ3n) is 3.10. The molecule has 0 radical (unpaired) electrons. The van der Waals surface area contributed by atoms with Crippen LogP contribution in [0.3, 0.4) is 0 Å². The first-order valence-corrected chi connectivity index (χ1v) is 6.73. The average Bonchev–Trinajstić information content (AvgIpc) is 2.53. The van der Waals surface area contributed by atoms with Crippen LogP contribution in [0, 0.1) is 0 Å². The Labute approximate surface area is 124 Å². The van der Waals surface area contributed by atoms with Gasteiger partial charge in [-0.05, 0) is 30.7 Å². The predicted octanol–water partition coefficient (Wildman–Crippen LogP) is 2.12. The summed E-state index contributed by atoms with van der Waals surface area (Å²) in [6.07, 6.45) is 4.70. The van der Waals surface area contributed by atoms with Crippen LogP contribution in [-0.4, -0.2) is 22.5 Å². The highest BCUT2D eigenvalue weighted by Gasteiger charge is 2.22. The normalized spacial score (nSPS) is 13.8. The Kier molecular flexibility index (Phi) is 4.85. The molecule has 2 aromatic rings. The largest absolute Gasteiger partial charge is 0.384 e. The fourth-order valence-corrected chi connectivity index (χ4v) is 1.85. The van der Waals surface area contributed by atoms with Crippen molar-refractivity contribution in [3.63, 3.8) is 0 Å². The van der Waals surface area contributed by atoms with Crippen LogP contribution in [-0.2, 0) is 10.4 Å². The van der Waals surface area contributed by atoms with Crippen molar-refractivity contribution in [1.29, 1.82) is 0 Å². The van der Waals surface area contributed by atoms with E-state index in [1.165, 1.54) is 6.08 Å². The highest BCUT2D eigenvalue weighted by Crippen LogP contribution is 2.18. The van der Waals surface area contributed by atoms with Gasteiger partial charge < -0.3 is 10.4 Å². The van der Waals surface area contributed by atoms with Crippen LogP contribution in [0.4, 0.5) is 0 Å². The highest BCUT2D eigenvalue weighted by atomic mass is 16.3. The van der Waals surface area contributed by atoms with E-state index in [4.69, 9.17) is 0 Å². The zero-order valence-electron chi connectivity index (χ0n) is 11.9. The number of rotatable bonds is 5. The van der Waals surface area contributed by atoms with Gasteiger partial charge in [0.2, 0.25) is 5.91 Å². The fraction of sp³-hybridized carbons (Fsp3) is 0.176. The molecule has 2 rings (SSSR count). The molecule has 0 aliphatic rings. The molecule has 0 bridgehead atoms. The molecule has 21 heavy (non-hydrogen) atoms. The van der Waals surface area contributed by atoms with Crippen LogP contribution in [0.1, 0.15) is 18.2 Å². The van der Waals surface area contributed by atoms with E-state index < -0.39 is 5.60 Å². The molecule has 1 aromatic carbocycles. The molecule has 1 atom stereocenters. The summed E-state index contributed by atoms with van der Waals surface area (Å²) in [4.78, 5) is 15.8. The van der Waals surface area contributed by atoms with Gasteiger partial charge in [-0.15, -0.1) is 0 Å². The predicted molar refractivity (Wildman–Crippen MR) is 82.3 cm³/mol. The van der Waals surface area contributed by atoms with Gasteiger partial charge >= 0.3 is 0 Å². The van der Waals surface area contributed by atoms with Gasteiger partial charge in [-0.1, -0.05) is 36.4 Å². The zero-order valence-corrected chi connectivity index (χ0v) is 11.9. The molecule has 1 aromatic heterocycles. The lowest BCUT2D eigenvalue weighted by atomic mass is 9.96. The molecule has 4 nitrogen and oxygen atoms in total. The summed E-state index contributed by atoms with van der Waals surface area (Å²) in [5, 5.41) is 13.1. The number of aromatic nitrogens is 1. The maximum atomic E-state index is 11.8. The van der Waals surface area contributed by atoms with Gasteiger partial charge in [-0.2, -0.15) is 0 Å². The van der Waals surface area contributed by atoms with E-state index in [2.05, 4.69) is 10.3 Å². The van der Waals surface area contributed by atoms with Crippen molar-refractivity contribution < 1.29 is 9.90 Å². The van der Waals surface area contributed by atoms with Gasteiger partial charge in [-0.3, -0.25) is 9.78 Å². The topological polar surface area (TPSA) is 62.2 Å². The number of aliphatic hydroxyl groups is 1. The van der Waals surface area contributed by atoms with Crippen LogP contribution in [0.25, 0.3) is 6.08 Å². The summed E-state index contributed by atoms with van der Waals surface area (Å²) >= 11 is 0. The number of nitrogens with zero attached hydrogens (tertiary/aromatic N) is 1. The fourth-order valence-electron chi connectivity index (χ4n) is 1.85. The zero-order chi connectivity index (χ0) is 15.1. The van der Waals surface area contributed by atoms with Gasteiger partial charge in [0.25, 0.3) is 0 Å². The number of carbonyl (C=O) groups is 1. The van der Waals surface area contributed by atoms with Crippen LogP contribution in [0.2, 0.25) is 0 Å². The van der Waals surface area contributed by atoms with E-state index in [0.717, 1.165) is 5.56 Å². The SMILES string of the molecule is CC(O)(CNC(=O)/C=C/c1ccccn1)c1ccccc1. The molecular formula is C17H18N2O2. The second-order valence-electron chi connectivity index (χ2n) is 4.95. The number of hydrogen-bond donors (Lipinski definition) is 2. The average molecular weight is 282 g/mol. The van der Waals surface area contributed by atoms with Gasteiger partial charge in [0.05, 0.1) is 12.2 Å². The van der Waals surface area contributed by atoms with Gasteiger partial charge in [0, 0.05) is 12.3 Å². The van der Waals surface area contributed by atoms with E-state index >= 15 is 0 Å². The van der Waals surface area contributed by atoms with Crippen molar-refractivity contribution in [2.75, 3.05) is 6.54 Å². The number of benzene rings is 1. The van der Waals surface area contributed by atoms with Gasteiger partial charge in [-0.25, -0.2) is 0 Å². The van der Waals surface area contributed by atoms with E-state index in [0.29, 0.717) is 5.69 Å². The number of carbonyl (C=O) groups excluding carboxylic acids is 1. The highest BCUT2D eigenvalue weighted by molar-refractivity contribution is 5.91. The van der Waals surface area contributed by atoms with Crippen molar-refractivity contribution in [2.24, 2.45) is 0 Å². The van der Waals surface area contributed by atoms with E-state index in [1.54, 1.807) is 19.2 Å². The number of hydrogen-bond acceptors (Lipinski definition) is 3. The van der Waals surface area contributed by atoms with Crippen LogP contribution >= 0.6 is 0 Å². The number of pyridine rings is 1. The molecule has 0 spiro atoms. The molecule has 1 amide bonds. The quantitative estimate of drug-likeness (QED) is 0.826. The third-order valence-corrected chi connectivity index (χ3v) is 3.10. The standard InChI is InChI=1S/C17H18N2O2/c1-17(21,14-7-3-2-4-8-14)13-19-16(20)11-10-15-9-5-6-12-18-15/h2-12,21H,13H2,1H3,(H,19,20)/b11-10+. The molecule has 0 aliphatic heterocycles. The second kappa shape index (κ2) is 6.81. The maximum Gasteiger partial charge on any atom is 0.244 e. The Bertz CT molecular complexity index is 607. The minimum Gasteiger partial charge on any atom is -0.384 e. The van der Waals surface area contributed by atoms with Gasteiger partial charge in [0.15, 0.2) is 0 Å². The van der Waals surface area contributed by atoms with E-state index in [1.807, 2.05) is 48.5 Å². The molecule has 2 N–H and O–H groups in total. The molecule has 0 saturated carbocycles. The van der Waals surface area contributed by atoms with Crippen molar-refractivity contribution >= 4 is 12.0 Å². The molecular weight excluding hydrogens is 264 g/mol. The minimum absolute atomic E-state index is 0.141. The van der Waals surface area contributed by atoms with Crippen LogP contribution in [0.5, 0.6) is 0 Å². The Morgan fingerprint density at radius 1 is 1.24 bits per heavy atom. The van der Waals surface area contributed by atoms with Gasteiger partial charge in [0.1, 0.15) is 5.60 Å². The van der Waals surface area contributed by atoms with Crippen molar-refractivity contribution in [2.45, 2.75) is 12.5 Å². The third kappa shape index (κ3) is 4.54. The first-order valence-electron chi connectivity index (χ1n) is 6.73. The molecule has 1 unspecified atom stereocenters. The Morgan fingerprint density at radius 3 is 2.62 bits per heavy atom. The number of amides is 1. The summed E-state index contributed by atoms with van der Waals surface area (Å²) in [5.41, 5.74) is 0.372. The molecule has 108 valence electrons. The summed E-state index contributed by atoms with van der Waals surface area (Å²) < 4.78 is 0. The molecule has 0 saturated heterocycles. The second-order valence-corrected chi connectivity index (χ2v) is 4.95. The Balaban J connectivity index is 1.91. The van der Waals surface area contributed by atoms with Crippen LogP contribution in [0.15, 0.2) is 60.8 Å². The smallest absolute Gasteiger partial charge is 0.244 e. The van der Waals surface area contributed by atoms with E-state index in [9.17, 15) is 9.90 Å². The van der Waals surface area contributed by atoms with Crippen LogP contribution < -0.4 is 5.32 Å². The first kappa shape index (κ1) is 14.9. The summed E-state index contributed by atoms with van der Waals surface area (Å²) in [6.45, 7) is 1.81. The first-order chi connectivity index (χ1) is 10.1. The summed E-state index contributed by atoms with van der Waals surface area (Å²) in [5.74, 6) is -0.267. The van der Waals surface area contributed by atoms with E-state index in [-0.39, 0.29) is 12.5 Å². The maximum absolute atomic E-state index is 11.8. The summed E-state index contributed by atoms with van der Waals surface area (Å²) in [6, 6.07) is 14.7. The lowest BCUT2D eigenvalue weighted by Crippen LogP contribution is -2.37. The molecule has 4 heteroatoms. The molecule has 0 aliphatic carbocycles. The van der Waals surface area contributed by atoms with Crippen molar-refractivity contribution in [3.8, 4) is 0 Å². The minimum atomic E-state index is -1.10. The lowest BCUT2D eigenvalue weighted by Gasteiger charge is -2.23. The Hall–Kier alpha value is -2.46. The van der Waals surface area contributed by atoms with Crippen molar-refractivity contribution in [3.05, 3.63) is 72.1 Å². The lowest BCUT2D eigenvalue weighted by molar-refractivity contribution is -0.117. The number of nitrogens with one attached hydrogen (secondary N) is 1. The monoisotopic (exact) mass is 282 g/mol.